The third-order valence-corrected chi connectivity index (χ3v) is 2.95. The molecular weight excluding hydrogens is 232 g/mol. The molecule has 0 amide bonds. The monoisotopic (exact) mass is 248 g/mol. The molecule has 18 heavy (non-hydrogen) atoms. The second-order valence-electron chi connectivity index (χ2n) is 4.63. The predicted octanol–water partition coefficient (Wildman–Crippen LogP) is 2.28. The molecule has 0 radical (unpaired) electrons. The van der Waals surface area contributed by atoms with E-state index in [0.717, 1.165) is 5.56 Å². The number of esters is 2. The standard InChI is InChI=1S/C14H16O4/c1-9(2)10-3-5-11(6-4-10)13(15)18-12-7-8-17-14(12)16/h3-6,9,12H,7-8H2,1-2H3/t12-/m0/s1. The Balaban J connectivity index is 2.02. The van der Waals surface area contributed by atoms with Crippen LogP contribution < -0.4 is 0 Å². The van der Waals surface area contributed by atoms with Gasteiger partial charge in [0.15, 0.2) is 0 Å². The summed E-state index contributed by atoms with van der Waals surface area (Å²) in [5.41, 5.74) is 1.62. The van der Waals surface area contributed by atoms with Crippen LogP contribution in [-0.2, 0) is 14.3 Å². The summed E-state index contributed by atoms with van der Waals surface area (Å²) in [4.78, 5) is 23.0. The highest BCUT2D eigenvalue weighted by Crippen LogP contribution is 2.17. The van der Waals surface area contributed by atoms with Gasteiger partial charge in [-0.2, -0.15) is 0 Å². The van der Waals surface area contributed by atoms with E-state index < -0.39 is 18.0 Å². The Morgan fingerprint density at radius 1 is 1.33 bits per heavy atom. The van der Waals surface area contributed by atoms with Crippen molar-refractivity contribution in [1.29, 1.82) is 0 Å². The molecule has 1 aliphatic rings. The van der Waals surface area contributed by atoms with Crippen LogP contribution in [0.5, 0.6) is 0 Å². The SMILES string of the molecule is CC(C)c1ccc(C(=O)O[C@H]2CCOC2=O)cc1. The fourth-order valence-corrected chi connectivity index (χ4v) is 1.79. The molecule has 1 aromatic carbocycles. The van der Waals surface area contributed by atoms with Gasteiger partial charge in [-0.3, -0.25) is 0 Å². The minimum atomic E-state index is -0.748. The first kappa shape index (κ1) is 12.6. The van der Waals surface area contributed by atoms with Gasteiger partial charge in [-0.1, -0.05) is 26.0 Å². The maximum atomic E-state index is 11.8. The van der Waals surface area contributed by atoms with E-state index in [-0.39, 0.29) is 0 Å². The lowest BCUT2D eigenvalue weighted by Gasteiger charge is -2.09. The Morgan fingerprint density at radius 2 is 2.00 bits per heavy atom. The molecule has 1 aliphatic heterocycles. The van der Waals surface area contributed by atoms with Crippen molar-refractivity contribution < 1.29 is 19.1 Å². The molecule has 1 heterocycles. The predicted molar refractivity (Wildman–Crippen MR) is 65.3 cm³/mol. The molecule has 0 saturated carbocycles. The van der Waals surface area contributed by atoms with Crippen LogP contribution in [0.25, 0.3) is 0 Å². The second kappa shape index (κ2) is 5.21. The van der Waals surface area contributed by atoms with Crippen LogP contribution in [0.2, 0.25) is 0 Å². The van der Waals surface area contributed by atoms with E-state index in [1.165, 1.54) is 0 Å². The molecule has 0 N–H and O–H groups in total. The molecule has 1 fully saturated rings. The topological polar surface area (TPSA) is 52.6 Å². The average molecular weight is 248 g/mol. The quantitative estimate of drug-likeness (QED) is 0.770. The van der Waals surface area contributed by atoms with E-state index in [2.05, 4.69) is 13.8 Å². The smallest absolute Gasteiger partial charge is 0.347 e. The molecule has 0 spiro atoms. The van der Waals surface area contributed by atoms with Crippen molar-refractivity contribution in [1.82, 2.24) is 0 Å². The number of carbonyl (C=O) groups is 2. The van der Waals surface area contributed by atoms with Crippen molar-refractivity contribution >= 4 is 11.9 Å². The fourth-order valence-electron chi connectivity index (χ4n) is 1.79. The van der Waals surface area contributed by atoms with E-state index in [1.807, 2.05) is 12.1 Å². The maximum absolute atomic E-state index is 11.8. The number of benzene rings is 1. The normalized spacial score (nSPS) is 18.8. The largest absolute Gasteiger partial charge is 0.463 e. The van der Waals surface area contributed by atoms with E-state index in [0.29, 0.717) is 24.5 Å². The molecule has 1 aromatic rings. The molecule has 1 atom stereocenters. The molecule has 1 saturated heterocycles. The maximum Gasteiger partial charge on any atom is 0.347 e. The van der Waals surface area contributed by atoms with Gasteiger partial charge in [0.25, 0.3) is 0 Å². The van der Waals surface area contributed by atoms with E-state index in [9.17, 15) is 9.59 Å². The molecule has 4 heteroatoms. The zero-order valence-corrected chi connectivity index (χ0v) is 10.5. The number of hydrogen-bond donors (Lipinski definition) is 0. The summed E-state index contributed by atoms with van der Waals surface area (Å²) in [6.07, 6.45) is -0.309. The van der Waals surface area contributed by atoms with Gasteiger partial charge in [0.05, 0.1) is 12.2 Å². The van der Waals surface area contributed by atoms with Crippen LogP contribution in [0.1, 0.15) is 42.1 Å². The number of ether oxygens (including phenoxy) is 2. The number of cyclic esters (lactones) is 1. The Kier molecular flexibility index (Phi) is 3.65. The lowest BCUT2D eigenvalue weighted by Crippen LogP contribution is -2.22. The van der Waals surface area contributed by atoms with Crippen molar-refractivity contribution in [2.45, 2.75) is 32.3 Å². The molecule has 0 unspecified atom stereocenters. The van der Waals surface area contributed by atoms with Gasteiger partial charge in [0.2, 0.25) is 6.10 Å². The highest BCUT2D eigenvalue weighted by Gasteiger charge is 2.30. The molecule has 2 rings (SSSR count). The van der Waals surface area contributed by atoms with Crippen LogP contribution in [0, 0.1) is 0 Å². The zero-order valence-electron chi connectivity index (χ0n) is 10.5. The molecule has 0 bridgehead atoms. The van der Waals surface area contributed by atoms with Crippen LogP contribution in [0.3, 0.4) is 0 Å². The highest BCUT2D eigenvalue weighted by atomic mass is 16.6. The third kappa shape index (κ3) is 2.70. The van der Waals surface area contributed by atoms with Crippen LogP contribution in [0.4, 0.5) is 0 Å². The van der Waals surface area contributed by atoms with Crippen molar-refractivity contribution in [2.24, 2.45) is 0 Å². The molecule has 96 valence electrons. The van der Waals surface area contributed by atoms with E-state index in [1.54, 1.807) is 12.1 Å². The highest BCUT2D eigenvalue weighted by molar-refractivity contribution is 5.91. The summed E-state index contributed by atoms with van der Waals surface area (Å²) in [7, 11) is 0. The summed E-state index contributed by atoms with van der Waals surface area (Å²) in [6, 6.07) is 7.23. The van der Waals surface area contributed by atoms with Crippen molar-refractivity contribution in [3.63, 3.8) is 0 Å². The second-order valence-corrected chi connectivity index (χ2v) is 4.63. The first-order valence-electron chi connectivity index (χ1n) is 6.05. The Bertz CT molecular complexity index is 447. The van der Waals surface area contributed by atoms with E-state index in [4.69, 9.17) is 9.47 Å². The van der Waals surface area contributed by atoms with Crippen LogP contribution >= 0.6 is 0 Å². The van der Waals surface area contributed by atoms with Crippen molar-refractivity contribution in [2.75, 3.05) is 6.61 Å². The zero-order chi connectivity index (χ0) is 13.1. The Morgan fingerprint density at radius 3 is 2.50 bits per heavy atom. The lowest BCUT2D eigenvalue weighted by atomic mass is 10.0. The first-order chi connectivity index (χ1) is 8.58. The fraction of sp³-hybridized carbons (Fsp3) is 0.429. The van der Waals surface area contributed by atoms with Gasteiger partial charge >= 0.3 is 11.9 Å². The average Bonchev–Trinajstić information content (AvgIpc) is 2.75. The lowest BCUT2D eigenvalue weighted by molar-refractivity contribution is -0.145. The minimum absolute atomic E-state index is 0.322. The van der Waals surface area contributed by atoms with Crippen LogP contribution in [-0.4, -0.2) is 24.6 Å². The minimum Gasteiger partial charge on any atom is -0.463 e. The van der Waals surface area contributed by atoms with Gasteiger partial charge in [0, 0.05) is 6.42 Å². The number of hydrogen-bond acceptors (Lipinski definition) is 4. The molecule has 0 aliphatic carbocycles. The van der Waals surface area contributed by atoms with Crippen molar-refractivity contribution in [3.8, 4) is 0 Å². The summed E-state index contributed by atoms with van der Waals surface area (Å²) in [5, 5.41) is 0. The molecular formula is C14H16O4. The Hall–Kier alpha value is -1.84. The van der Waals surface area contributed by atoms with Gasteiger partial charge in [-0.25, -0.2) is 9.59 Å². The van der Waals surface area contributed by atoms with Gasteiger partial charge in [0.1, 0.15) is 0 Å². The summed E-state index contributed by atoms with van der Waals surface area (Å²) in [6.45, 7) is 4.49. The van der Waals surface area contributed by atoms with Gasteiger partial charge in [-0.15, -0.1) is 0 Å². The third-order valence-electron chi connectivity index (χ3n) is 2.95. The summed E-state index contributed by atoms with van der Waals surface area (Å²) in [5.74, 6) is -0.517. The number of rotatable bonds is 3. The summed E-state index contributed by atoms with van der Waals surface area (Å²) >= 11 is 0. The van der Waals surface area contributed by atoms with Crippen LogP contribution in [0.15, 0.2) is 24.3 Å². The first-order valence-corrected chi connectivity index (χ1v) is 6.05. The molecule has 4 nitrogen and oxygen atoms in total. The van der Waals surface area contributed by atoms with Crippen molar-refractivity contribution in [3.05, 3.63) is 35.4 Å². The molecule has 0 aromatic heterocycles. The van der Waals surface area contributed by atoms with Gasteiger partial charge < -0.3 is 9.47 Å². The summed E-state index contributed by atoms with van der Waals surface area (Å²) < 4.78 is 9.83. The van der Waals surface area contributed by atoms with E-state index >= 15 is 0 Å². The number of carbonyl (C=O) groups excluding carboxylic acids is 2. The van der Waals surface area contributed by atoms with Gasteiger partial charge in [-0.05, 0) is 23.6 Å². The Labute approximate surface area is 106 Å².